The summed E-state index contributed by atoms with van der Waals surface area (Å²) in [6.07, 6.45) is 15.4. The van der Waals surface area contributed by atoms with Crippen LogP contribution in [0.5, 0.6) is 0 Å². The fourth-order valence-corrected chi connectivity index (χ4v) is 2.53. The smallest absolute Gasteiger partial charge is 0.0414 e. The van der Waals surface area contributed by atoms with Gasteiger partial charge in [-0.3, -0.25) is 0 Å². The zero-order valence-electron chi connectivity index (χ0n) is 13.1. The molecule has 2 nitrogen and oxygen atoms in total. The van der Waals surface area contributed by atoms with E-state index < -0.39 is 5.97 Å². The largest absolute Gasteiger partial charge is 0.550 e. The standard InChI is InChI=1S/C17H34O2/c1-3-4-5-10-13-16(2)14-11-8-6-7-9-12-15-17(18)19/h16H,3-15H2,1-2H3,(H,18,19)/p-1/t16-/m1/s1. The van der Waals surface area contributed by atoms with Gasteiger partial charge in [0, 0.05) is 5.97 Å². The van der Waals surface area contributed by atoms with E-state index in [2.05, 4.69) is 13.8 Å². The first-order valence-electron chi connectivity index (χ1n) is 8.36. The van der Waals surface area contributed by atoms with E-state index in [0.717, 1.165) is 18.8 Å². The highest BCUT2D eigenvalue weighted by Gasteiger charge is 2.01. The van der Waals surface area contributed by atoms with Crippen LogP contribution in [0.4, 0.5) is 0 Å². The second-order valence-corrected chi connectivity index (χ2v) is 5.99. The zero-order chi connectivity index (χ0) is 14.3. The number of carbonyl (C=O) groups is 1. The molecule has 0 heterocycles. The van der Waals surface area contributed by atoms with Crippen LogP contribution in [-0.4, -0.2) is 5.97 Å². The highest BCUT2D eigenvalue weighted by Crippen LogP contribution is 2.18. The molecule has 0 bridgehead atoms. The third-order valence-corrected chi connectivity index (χ3v) is 3.88. The molecule has 0 spiro atoms. The number of carbonyl (C=O) groups excluding carboxylic acids is 1. The van der Waals surface area contributed by atoms with Crippen molar-refractivity contribution >= 4 is 5.97 Å². The van der Waals surface area contributed by atoms with E-state index in [1.807, 2.05) is 0 Å². The van der Waals surface area contributed by atoms with E-state index in [4.69, 9.17) is 0 Å². The minimum absolute atomic E-state index is 0.231. The Labute approximate surface area is 120 Å². The molecular formula is C17H33O2-. The molecule has 0 aliphatic rings. The average molecular weight is 269 g/mol. The third kappa shape index (κ3) is 15.4. The van der Waals surface area contributed by atoms with Crippen molar-refractivity contribution in [3.05, 3.63) is 0 Å². The van der Waals surface area contributed by atoms with Crippen molar-refractivity contribution in [3.63, 3.8) is 0 Å². The molecule has 0 saturated heterocycles. The van der Waals surface area contributed by atoms with Gasteiger partial charge in [0.15, 0.2) is 0 Å². The summed E-state index contributed by atoms with van der Waals surface area (Å²) in [5, 5.41) is 10.2. The number of carboxylic acids is 1. The predicted molar refractivity (Wildman–Crippen MR) is 79.9 cm³/mol. The lowest BCUT2D eigenvalue weighted by Crippen LogP contribution is -2.21. The Kier molecular flexibility index (Phi) is 13.5. The number of unbranched alkanes of at least 4 members (excludes halogenated alkanes) is 8. The van der Waals surface area contributed by atoms with Crippen LogP contribution in [-0.2, 0) is 4.79 Å². The predicted octanol–water partition coefficient (Wildman–Crippen LogP) is 4.46. The molecule has 0 aromatic rings. The van der Waals surface area contributed by atoms with E-state index in [1.165, 1.54) is 64.2 Å². The topological polar surface area (TPSA) is 40.1 Å². The molecule has 0 amide bonds. The molecule has 0 saturated carbocycles. The number of hydrogen-bond acceptors (Lipinski definition) is 2. The van der Waals surface area contributed by atoms with E-state index in [-0.39, 0.29) is 6.42 Å². The van der Waals surface area contributed by atoms with Gasteiger partial charge in [-0.05, 0) is 18.8 Å². The fourth-order valence-electron chi connectivity index (χ4n) is 2.53. The molecule has 114 valence electrons. The highest BCUT2D eigenvalue weighted by molar-refractivity contribution is 5.63. The van der Waals surface area contributed by atoms with Gasteiger partial charge in [-0.15, -0.1) is 0 Å². The van der Waals surface area contributed by atoms with Gasteiger partial charge < -0.3 is 9.90 Å². The Morgan fingerprint density at radius 2 is 1.32 bits per heavy atom. The monoisotopic (exact) mass is 269 g/mol. The van der Waals surface area contributed by atoms with Gasteiger partial charge in [0.05, 0.1) is 0 Å². The molecule has 0 aromatic carbocycles. The van der Waals surface area contributed by atoms with Gasteiger partial charge in [0.1, 0.15) is 0 Å². The minimum Gasteiger partial charge on any atom is -0.550 e. The van der Waals surface area contributed by atoms with Crippen LogP contribution < -0.4 is 5.11 Å². The minimum atomic E-state index is -0.906. The van der Waals surface area contributed by atoms with Gasteiger partial charge in [-0.25, -0.2) is 0 Å². The van der Waals surface area contributed by atoms with E-state index in [1.54, 1.807) is 0 Å². The van der Waals surface area contributed by atoms with E-state index >= 15 is 0 Å². The first-order valence-corrected chi connectivity index (χ1v) is 8.36. The van der Waals surface area contributed by atoms with Gasteiger partial charge in [0.2, 0.25) is 0 Å². The Balaban J connectivity index is 3.14. The number of carboxylic acid groups (broad SMARTS) is 1. The SMILES string of the molecule is CCCCCC[C@@H](C)CCCCCCCCC(=O)[O-]. The van der Waals surface area contributed by atoms with Gasteiger partial charge in [0.25, 0.3) is 0 Å². The molecule has 0 fully saturated rings. The molecule has 2 heteroatoms. The van der Waals surface area contributed by atoms with Crippen LogP contribution >= 0.6 is 0 Å². The van der Waals surface area contributed by atoms with Crippen LogP contribution in [0.1, 0.15) is 97.3 Å². The lowest BCUT2D eigenvalue weighted by Gasteiger charge is -2.10. The van der Waals surface area contributed by atoms with Crippen molar-refractivity contribution in [2.24, 2.45) is 5.92 Å². The maximum atomic E-state index is 10.2. The molecule has 0 N–H and O–H groups in total. The first-order chi connectivity index (χ1) is 9.16. The number of hydrogen-bond donors (Lipinski definition) is 0. The van der Waals surface area contributed by atoms with Crippen molar-refractivity contribution in [1.29, 1.82) is 0 Å². The lowest BCUT2D eigenvalue weighted by molar-refractivity contribution is -0.305. The Morgan fingerprint density at radius 1 is 0.842 bits per heavy atom. The fraction of sp³-hybridized carbons (Fsp3) is 0.941. The lowest BCUT2D eigenvalue weighted by atomic mass is 9.96. The Hall–Kier alpha value is -0.530. The molecular weight excluding hydrogens is 236 g/mol. The van der Waals surface area contributed by atoms with Gasteiger partial charge in [-0.1, -0.05) is 84.5 Å². The molecule has 0 aromatic heterocycles. The summed E-state index contributed by atoms with van der Waals surface area (Å²) in [6.45, 7) is 4.64. The summed E-state index contributed by atoms with van der Waals surface area (Å²) in [7, 11) is 0. The summed E-state index contributed by atoms with van der Waals surface area (Å²) in [5.41, 5.74) is 0. The summed E-state index contributed by atoms with van der Waals surface area (Å²) in [5.74, 6) is -0.0214. The van der Waals surface area contributed by atoms with Crippen molar-refractivity contribution < 1.29 is 9.90 Å². The first kappa shape index (κ1) is 18.5. The number of rotatable bonds is 14. The molecule has 0 aliphatic carbocycles. The second-order valence-electron chi connectivity index (χ2n) is 5.99. The summed E-state index contributed by atoms with van der Waals surface area (Å²) >= 11 is 0. The van der Waals surface area contributed by atoms with Crippen LogP contribution in [0, 0.1) is 5.92 Å². The van der Waals surface area contributed by atoms with Gasteiger partial charge in [-0.2, -0.15) is 0 Å². The van der Waals surface area contributed by atoms with Crippen molar-refractivity contribution in [2.45, 2.75) is 97.3 Å². The van der Waals surface area contributed by atoms with Crippen LogP contribution in [0.15, 0.2) is 0 Å². The normalized spacial score (nSPS) is 12.5. The van der Waals surface area contributed by atoms with Crippen LogP contribution in [0.2, 0.25) is 0 Å². The third-order valence-electron chi connectivity index (χ3n) is 3.88. The molecule has 0 aliphatic heterocycles. The maximum absolute atomic E-state index is 10.2. The van der Waals surface area contributed by atoms with Crippen LogP contribution in [0.25, 0.3) is 0 Å². The molecule has 0 unspecified atom stereocenters. The van der Waals surface area contributed by atoms with E-state index in [0.29, 0.717) is 0 Å². The van der Waals surface area contributed by atoms with Crippen LogP contribution in [0.3, 0.4) is 0 Å². The average Bonchev–Trinajstić information content (AvgIpc) is 2.37. The second kappa shape index (κ2) is 13.9. The number of aliphatic carboxylic acids is 1. The van der Waals surface area contributed by atoms with Gasteiger partial charge >= 0.3 is 0 Å². The maximum Gasteiger partial charge on any atom is 0.0414 e. The van der Waals surface area contributed by atoms with E-state index in [9.17, 15) is 9.90 Å². The summed E-state index contributed by atoms with van der Waals surface area (Å²) in [4.78, 5) is 10.2. The molecule has 19 heavy (non-hydrogen) atoms. The summed E-state index contributed by atoms with van der Waals surface area (Å²) in [6, 6.07) is 0. The quantitative estimate of drug-likeness (QED) is 0.437. The zero-order valence-corrected chi connectivity index (χ0v) is 13.1. The Morgan fingerprint density at radius 3 is 1.84 bits per heavy atom. The molecule has 0 rings (SSSR count). The highest BCUT2D eigenvalue weighted by atomic mass is 16.4. The molecule has 0 radical (unpaired) electrons. The van der Waals surface area contributed by atoms with Crippen molar-refractivity contribution in [2.75, 3.05) is 0 Å². The molecule has 1 atom stereocenters. The van der Waals surface area contributed by atoms with Crippen molar-refractivity contribution in [3.8, 4) is 0 Å². The summed E-state index contributed by atoms with van der Waals surface area (Å²) < 4.78 is 0. The Bertz CT molecular complexity index is 201. The van der Waals surface area contributed by atoms with Crippen molar-refractivity contribution in [1.82, 2.24) is 0 Å².